The molecule has 0 aromatic heterocycles. The van der Waals surface area contributed by atoms with E-state index >= 15 is 0 Å². The largest absolute Gasteiger partial charge is 0.354 e. The lowest BCUT2D eigenvalue weighted by Gasteiger charge is -2.20. The summed E-state index contributed by atoms with van der Waals surface area (Å²) in [6.07, 6.45) is 1.00. The van der Waals surface area contributed by atoms with Crippen molar-refractivity contribution in [1.29, 1.82) is 0 Å². The molecule has 5 nitrogen and oxygen atoms in total. The maximum atomic E-state index is 13.8. The highest BCUT2D eigenvalue weighted by atomic mass is 35.5. The van der Waals surface area contributed by atoms with Crippen LogP contribution in [0.3, 0.4) is 0 Å². The lowest BCUT2D eigenvalue weighted by molar-refractivity contribution is -0.121. The minimum atomic E-state index is -3.66. The van der Waals surface area contributed by atoms with Crippen molar-refractivity contribution in [3.05, 3.63) is 70.5 Å². The zero-order valence-corrected chi connectivity index (χ0v) is 17.8. The number of carbonyl (C=O) groups is 1. The topological polar surface area (TPSA) is 66.5 Å². The summed E-state index contributed by atoms with van der Waals surface area (Å²) < 4.78 is 38.7. The SMILES string of the molecule is CS(=O)(=O)N(CC(=O)NCCSCc1ccc(Cl)cc1)Cc1ccccc1F. The van der Waals surface area contributed by atoms with Gasteiger partial charge < -0.3 is 5.32 Å². The van der Waals surface area contributed by atoms with E-state index in [0.29, 0.717) is 17.3 Å². The van der Waals surface area contributed by atoms with Gasteiger partial charge in [0.15, 0.2) is 0 Å². The highest BCUT2D eigenvalue weighted by Gasteiger charge is 2.21. The van der Waals surface area contributed by atoms with Crippen molar-refractivity contribution in [2.45, 2.75) is 12.3 Å². The molecule has 2 aromatic carbocycles. The first-order valence-corrected chi connectivity index (χ1v) is 11.9. The Morgan fingerprint density at radius 1 is 1.18 bits per heavy atom. The Balaban J connectivity index is 1.78. The van der Waals surface area contributed by atoms with Crippen LogP contribution in [-0.2, 0) is 27.1 Å². The minimum absolute atomic E-state index is 0.190. The van der Waals surface area contributed by atoms with Crippen molar-refractivity contribution in [1.82, 2.24) is 9.62 Å². The molecular weight excluding hydrogens is 423 g/mol. The van der Waals surface area contributed by atoms with Gasteiger partial charge in [0.1, 0.15) is 5.82 Å². The molecule has 28 heavy (non-hydrogen) atoms. The van der Waals surface area contributed by atoms with E-state index in [1.807, 2.05) is 24.3 Å². The average molecular weight is 445 g/mol. The second-order valence-corrected chi connectivity index (χ2v) is 9.68. The van der Waals surface area contributed by atoms with Crippen molar-refractivity contribution in [3.8, 4) is 0 Å². The third-order valence-corrected chi connectivity index (χ3v) is 6.32. The second kappa shape index (κ2) is 10.8. The lowest BCUT2D eigenvalue weighted by atomic mass is 10.2. The van der Waals surface area contributed by atoms with Crippen LogP contribution in [0.4, 0.5) is 4.39 Å². The molecule has 0 aliphatic heterocycles. The zero-order valence-electron chi connectivity index (χ0n) is 15.4. The quantitative estimate of drug-likeness (QED) is 0.571. The average Bonchev–Trinajstić information content (AvgIpc) is 2.63. The van der Waals surface area contributed by atoms with E-state index in [1.54, 1.807) is 17.8 Å². The molecule has 0 heterocycles. The fraction of sp³-hybridized carbons (Fsp3) is 0.316. The Labute approximate surface area is 174 Å². The number of hydrogen-bond acceptors (Lipinski definition) is 4. The van der Waals surface area contributed by atoms with Crippen LogP contribution >= 0.6 is 23.4 Å². The van der Waals surface area contributed by atoms with Crippen LogP contribution in [0.1, 0.15) is 11.1 Å². The van der Waals surface area contributed by atoms with Crippen LogP contribution in [0.2, 0.25) is 5.02 Å². The smallest absolute Gasteiger partial charge is 0.235 e. The van der Waals surface area contributed by atoms with Gasteiger partial charge >= 0.3 is 0 Å². The summed E-state index contributed by atoms with van der Waals surface area (Å²) in [5, 5.41) is 3.39. The van der Waals surface area contributed by atoms with Crippen LogP contribution in [-0.4, -0.2) is 43.7 Å². The molecule has 0 unspecified atom stereocenters. The van der Waals surface area contributed by atoms with Gasteiger partial charge in [-0.05, 0) is 23.8 Å². The molecule has 0 radical (unpaired) electrons. The Morgan fingerprint density at radius 2 is 1.86 bits per heavy atom. The van der Waals surface area contributed by atoms with Crippen molar-refractivity contribution in [2.75, 3.05) is 25.1 Å². The molecule has 0 bridgehead atoms. The highest BCUT2D eigenvalue weighted by molar-refractivity contribution is 7.98. The van der Waals surface area contributed by atoms with Crippen LogP contribution < -0.4 is 5.32 Å². The first-order valence-electron chi connectivity index (χ1n) is 8.53. The predicted octanol–water partition coefficient (Wildman–Crippen LogP) is 3.29. The number of halogens is 2. The molecule has 2 aromatic rings. The standard InChI is InChI=1S/C19H22ClFN2O3S2/c1-28(25,26)23(12-16-4-2-3-5-18(16)21)13-19(24)22-10-11-27-14-15-6-8-17(20)9-7-15/h2-9H,10-14H2,1H3,(H,22,24). The molecule has 0 aliphatic carbocycles. The third kappa shape index (κ3) is 7.79. The fourth-order valence-corrected chi connectivity index (χ4v) is 4.03. The third-order valence-electron chi connectivity index (χ3n) is 3.84. The van der Waals surface area contributed by atoms with E-state index in [0.717, 1.165) is 21.9 Å². The van der Waals surface area contributed by atoms with Gasteiger partial charge in [0.25, 0.3) is 0 Å². The molecule has 1 amide bonds. The number of benzene rings is 2. The Morgan fingerprint density at radius 3 is 2.50 bits per heavy atom. The van der Waals surface area contributed by atoms with Gasteiger partial charge in [-0.1, -0.05) is 41.9 Å². The molecule has 0 aliphatic rings. The molecule has 2 rings (SSSR count). The first kappa shape index (κ1) is 22.7. The van der Waals surface area contributed by atoms with Crippen molar-refractivity contribution >= 4 is 39.3 Å². The molecule has 0 saturated carbocycles. The number of amides is 1. The van der Waals surface area contributed by atoms with E-state index in [1.165, 1.54) is 18.2 Å². The number of nitrogens with one attached hydrogen (secondary N) is 1. The predicted molar refractivity (Wildman–Crippen MR) is 112 cm³/mol. The summed E-state index contributed by atoms with van der Waals surface area (Å²) >= 11 is 7.49. The van der Waals surface area contributed by atoms with Crippen molar-refractivity contribution in [3.63, 3.8) is 0 Å². The van der Waals surface area contributed by atoms with Gasteiger partial charge in [0.2, 0.25) is 15.9 Å². The first-order chi connectivity index (χ1) is 13.3. The van der Waals surface area contributed by atoms with Gasteiger partial charge in [-0.25, -0.2) is 12.8 Å². The molecule has 1 N–H and O–H groups in total. The Kier molecular flexibility index (Phi) is 8.75. The summed E-state index contributed by atoms with van der Waals surface area (Å²) in [5.74, 6) is 0.542. The number of sulfonamides is 1. The van der Waals surface area contributed by atoms with Gasteiger partial charge in [-0.2, -0.15) is 16.1 Å². The van der Waals surface area contributed by atoms with Gasteiger partial charge in [-0.15, -0.1) is 0 Å². The summed E-state index contributed by atoms with van der Waals surface area (Å²) in [7, 11) is -3.66. The number of rotatable bonds is 10. The van der Waals surface area contributed by atoms with E-state index < -0.39 is 21.7 Å². The Bertz CT molecular complexity index is 892. The van der Waals surface area contributed by atoms with Crippen molar-refractivity contribution < 1.29 is 17.6 Å². The molecular formula is C19H22ClFN2O3S2. The molecule has 0 fully saturated rings. The van der Waals surface area contributed by atoms with Crippen LogP contribution in [0, 0.1) is 5.82 Å². The van der Waals surface area contributed by atoms with Gasteiger partial charge in [-0.3, -0.25) is 4.79 Å². The highest BCUT2D eigenvalue weighted by Crippen LogP contribution is 2.15. The summed E-state index contributed by atoms with van der Waals surface area (Å²) in [6.45, 7) is -0.131. The Hall–Kier alpha value is -1.61. The maximum absolute atomic E-state index is 13.8. The van der Waals surface area contributed by atoms with Crippen LogP contribution in [0.5, 0.6) is 0 Å². The van der Waals surface area contributed by atoms with E-state index in [2.05, 4.69) is 5.32 Å². The molecule has 152 valence electrons. The van der Waals surface area contributed by atoms with E-state index in [4.69, 9.17) is 11.6 Å². The second-order valence-electron chi connectivity index (χ2n) is 6.15. The molecule has 0 saturated heterocycles. The van der Waals surface area contributed by atoms with Gasteiger partial charge in [0.05, 0.1) is 12.8 Å². The summed E-state index contributed by atoms with van der Waals surface area (Å²) in [5.41, 5.74) is 1.35. The molecule has 0 atom stereocenters. The minimum Gasteiger partial charge on any atom is -0.354 e. The maximum Gasteiger partial charge on any atom is 0.235 e. The number of carbonyl (C=O) groups excluding carboxylic acids is 1. The van der Waals surface area contributed by atoms with E-state index in [9.17, 15) is 17.6 Å². The number of thioether (sulfide) groups is 1. The summed E-state index contributed by atoms with van der Waals surface area (Å²) in [4.78, 5) is 12.1. The normalized spacial score (nSPS) is 11.6. The monoisotopic (exact) mass is 444 g/mol. The van der Waals surface area contributed by atoms with Gasteiger partial charge in [0, 0.05) is 35.2 Å². The summed E-state index contributed by atoms with van der Waals surface area (Å²) in [6, 6.07) is 13.5. The van der Waals surface area contributed by atoms with Crippen LogP contribution in [0.25, 0.3) is 0 Å². The molecule has 0 spiro atoms. The number of nitrogens with zero attached hydrogens (tertiary/aromatic N) is 1. The number of hydrogen-bond donors (Lipinski definition) is 1. The zero-order chi connectivity index (χ0) is 20.6. The van der Waals surface area contributed by atoms with Crippen LogP contribution in [0.15, 0.2) is 48.5 Å². The molecule has 9 heteroatoms. The van der Waals surface area contributed by atoms with E-state index in [-0.39, 0.29) is 18.7 Å². The fourth-order valence-electron chi connectivity index (χ4n) is 2.36. The van der Waals surface area contributed by atoms with Crippen molar-refractivity contribution in [2.24, 2.45) is 0 Å². The lowest BCUT2D eigenvalue weighted by Crippen LogP contribution is -2.40.